The molecule has 2 atom stereocenters. The van der Waals surface area contributed by atoms with Crippen molar-refractivity contribution in [2.24, 2.45) is 0 Å². The van der Waals surface area contributed by atoms with Crippen LogP contribution in [0.2, 0.25) is 0 Å². The first-order valence-corrected chi connectivity index (χ1v) is 10.5. The largest absolute Gasteiger partial charge is 0.389 e. The Morgan fingerprint density at radius 3 is 2.67 bits per heavy atom. The average Bonchev–Trinajstić information content (AvgIpc) is 3.43. The fourth-order valence-electron chi connectivity index (χ4n) is 4.18. The van der Waals surface area contributed by atoms with Crippen LogP contribution in [-0.4, -0.2) is 70.9 Å². The van der Waals surface area contributed by atoms with Crippen LogP contribution in [0.4, 0.5) is 0 Å². The maximum atomic E-state index is 13.1. The maximum Gasteiger partial charge on any atom is 0.255 e. The number of ether oxygens (including phenoxy) is 2. The first-order chi connectivity index (χ1) is 14.5. The lowest BCUT2D eigenvalue weighted by atomic mass is 9.78. The number of amides is 1. The van der Waals surface area contributed by atoms with Crippen LogP contribution in [0.25, 0.3) is 0 Å². The summed E-state index contributed by atoms with van der Waals surface area (Å²) in [6.07, 6.45) is 2.87. The van der Waals surface area contributed by atoms with E-state index in [-0.39, 0.29) is 18.2 Å². The molecule has 2 fully saturated rings. The van der Waals surface area contributed by atoms with E-state index < -0.39 is 11.6 Å². The zero-order chi connectivity index (χ0) is 21.1. The van der Waals surface area contributed by atoms with Crippen LogP contribution in [0.1, 0.15) is 42.2 Å². The first-order valence-electron chi connectivity index (χ1n) is 10.5. The molecule has 0 radical (unpaired) electrons. The third-order valence-corrected chi connectivity index (χ3v) is 5.94. The van der Waals surface area contributed by atoms with Crippen molar-refractivity contribution < 1.29 is 19.4 Å². The fraction of sp³-hybridized carbons (Fsp3) is 0.545. The predicted molar refractivity (Wildman–Crippen MR) is 111 cm³/mol. The second kappa shape index (κ2) is 8.85. The summed E-state index contributed by atoms with van der Waals surface area (Å²) >= 11 is 0. The van der Waals surface area contributed by atoms with E-state index in [0.29, 0.717) is 44.8 Å². The first kappa shape index (κ1) is 21.0. The molecule has 1 amide bonds. The highest BCUT2D eigenvalue weighted by atomic mass is 16.7. The zero-order valence-corrected chi connectivity index (χ0v) is 17.5. The molecule has 2 N–H and O–H groups in total. The van der Waals surface area contributed by atoms with E-state index in [4.69, 9.17) is 9.47 Å². The molecule has 162 valence electrons. The Morgan fingerprint density at radius 2 is 2.03 bits per heavy atom. The summed E-state index contributed by atoms with van der Waals surface area (Å²) in [5, 5.41) is 18.7. The van der Waals surface area contributed by atoms with Crippen molar-refractivity contribution in [3.05, 3.63) is 53.9 Å². The van der Waals surface area contributed by atoms with E-state index in [0.717, 1.165) is 5.56 Å². The monoisotopic (exact) mass is 414 g/mol. The van der Waals surface area contributed by atoms with Crippen LogP contribution >= 0.6 is 0 Å². The highest BCUT2D eigenvalue weighted by molar-refractivity contribution is 5.94. The normalized spacial score (nSPS) is 25.7. The molecule has 0 spiro atoms. The third kappa shape index (κ3) is 4.27. The summed E-state index contributed by atoms with van der Waals surface area (Å²) in [6, 6.07) is 9.88. The molecule has 8 heteroatoms. The molecule has 2 aliphatic heterocycles. The number of hydrogen-bond donors (Lipinski definition) is 2. The SMILES string of the molecule is CC(C)n1cc(C(=O)N[C@]2(c3ccccc3)CCN(CC3OCCO3)C[C@H]2O)cn1. The van der Waals surface area contributed by atoms with Gasteiger partial charge in [-0.05, 0) is 25.8 Å². The Kier molecular flexibility index (Phi) is 6.19. The van der Waals surface area contributed by atoms with Crippen molar-refractivity contribution in [2.75, 3.05) is 32.8 Å². The number of benzene rings is 1. The van der Waals surface area contributed by atoms with Crippen molar-refractivity contribution in [3.8, 4) is 0 Å². The molecule has 1 aromatic heterocycles. The van der Waals surface area contributed by atoms with Crippen LogP contribution in [0.3, 0.4) is 0 Å². The van der Waals surface area contributed by atoms with E-state index >= 15 is 0 Å². The van der Waals surface area contributed by atoms with E-state index in [1.165, 1.54) is 0 Å². The van der Waals surface area contributed by atoms with Crippen LogP contribution in [-0.2, 0) is 15.0 Å². The van der Waals surface area contributed by atoms with Crippen molar-refractivity contribution in [1.82, 2.24) is 20.0 Å². The number of aliphatic hydroxyl groups excluding tert-OH is 1. The number of piperidine rings is 1. The van der Waals surface area contributed by atoms with Gasteiger partial charge in [-0.1, -0.05) is 30.3 Å². The van der Waals surface area contributed by atoms with Gasteiger partial charge in [-0.3, -0.25) is 14.4 Å². The van der Waals surface area contributed by atoms with Gasteiger partial charge in [-0.15, -0.1) is 0 Å². The summed E-state index contributed by atoms with van der Waals surface area (Å²) in [5.74, 6) is -0.235. The van der Waals surface area contributed by atoms with Gasteiger partial charge in [0, 0.05) is 31.9 Å². The van der Waals surface area contributed by atoms with Crippen molar-refractivity contribution in [2.45, 2.75) is 44.2 Å². The molecular weight excluding hydrogens is 384 g/mol. The number of likely N-dealkylation sites (tertiary alicyclic amines) is 1. The van der Waals surface area contributed by atoms with Crippen molar-refractivity contribution in [1.29, 1.82) is 0 Å². The molecule has 4 rings (SSSR count). The fourth-order valence-corrected chi connectivity index (χ4v) is 4.18. The van der Waals surface area contributed by atoms with Gasteiger partial charge in [-0.2, -0.15) is 5.10 Å². The van der Waals surface area contributed by atoms with Gasteiger partial charge in [0.2, 0.25) is 0 Å². The third-order valence-electron chi connectivity index (χ3n) is 5.94. The summed E-state index contributed by atoms with van der Waals surface area (Å²) in [4.78, 5) is 15.2. The minimum Gasteiger partial charge on any atom is -0.389 e. The average molecular weight is 415 g/mol. The Bertz CT molecular complexity index is 850. The van der Waals surface area contributed by atoms with E-state index in [9.17, 15) is 9.90 Å². The van der Waals surface area contributed by atoms with E-state index in [1.807, 2.05) is 44.2 Å². The second-order valence-electron chi connectivity index (χ2n) is 8.29. The number of nitrogens with zero attached hydrogens (tertiary/aromatic N) is 3. The minimum absolute atomic E-state index is 0.170. The van der Waals surface area contributed by atoms with Gasteiger partial charge in [0.25, 0.3) is 5.91 Å². The Hall–Kier alpha value is -2.26. The van der Waals surface area contributed by atoms with Crippen molar-refractivity contribution >= 4 is 5.91 Å². The molecule has 3 heterocycles. The maximum absolute atomic E-state index is 13.1. The molecule has 1 aromatic carbocycles. The van der Waals surface area contributed by atoms with Gasteiger partial charge in [0.1, 0.15) is 0 Å². The number of nitrogens with one attached hydrogen (secondary N) is 1. The Labute approximate surface area is 176 Å². The van der Waals surface area contributed by atoms with Crippen LogP contribution in [0.5, 0.6) is 0 Å². The standard InChI is InChI=1S/C22H30N4O4/c1-16(2)26-13-17(12-23-26)21(28)24-22(18-6-4-3-5-7-18)8-9-25(14-19(22)27)15-20-29-10-11-30-20/h3-7,12-13,16,19-20,27H,8-11,14-15H2,1-2H3,(H,24,28)/t19-,22+/m1/s1. The number of hydrogen-bond acceptors (Lipinski definition) is 6. The van der Waals surface area contributed by atoms with Gasteiger partial charge in [0.15, 0.2) is 6.29 Å². The highest BCUT2D eigenvalue weighted by Crippen LogP contribution is 2.34. The summed E-state index contributed by atoms with van der Waals surface area (Å²) in [6.45, 7) is 6.97. The molecule has 2 aromatic rings. The topological polar surface area (TPSA) is 88.9 Å². The van der Waals surface area contributed by atoms with Gasteiger partial charge in [0.05, 0.1) is 36.6 Å². The molecular formula is C22H30N4O4. The summed E-state index contributed by atoms with van der Waals surface area (Å²) in [7, 11) is 0. The number of aliphatic hydroxyl groups is 1. The van der Waals surface area contributed by atoms with Crippen LogP contribution < -0.4 is 5.32 Å². The molecule has 2 saturated heterocycles. The molecule has 0 unspecified atom stereocenters. The van der Waals surface area contributed by atoms with Crippen LogP contribution in [0.15, 0.2) is 42.7 Å². The Morgan fingerprint density at radius 1 is 1.30 bits per heavy atom. The minimum atomic E-state index is -0.869. The Balaban J connectivity index is 1.54. The van der Waals surface area contributed by atoms with E-state index in [2.05, 4.69) is 15.3 Å². The number of carbonyl (C=O) groups is 1. The number of rotatable bonds is 6. The predicted octanol–water partition coefficient (Wildman–Crippen LogP) is 1.53. The van der Waals surface area contributed by atoms with Crippen molar-refractivity contribution in [3.63, 3.8) is 0 Å². The van der Waals surface area contributed by atoms with Gasteiger partial charge in [-0.25, -0.2) is 0 Å². The van der Waals surface area contributed by atoms with E-state index in [1.54, 1.807) is 17.1 Å². The highest BCUT2D eigenvalue weighted by Gasteiger charge is 2.45. The lowest BCUT2D eigenvalue weighted by Crippen LogP contribution is -2.62. The summed E-state index contributed by atoms with van der Waals surface area (Å²) < 4.78 is 12.8. The molecule has 8 nitrogen and oxygen atoms in total. The quantitative estimate of drug-likeness (QED) is 0.745. The summed E-state index contributed by atoms with van der Waals surface area (Å²) in [5.41, 5.74) is 0.517. The second-order valence-corrected chi connectivity index (χ2v) is 8.29. The number of β-amino-alcohol motifs (C(OH)–C–C–N with tert-alkyl or cyclic N) is 1. The van der Waals surface area contributed by atoms with Crippen LogP contribution in [0, 0.1) is 0 Å². The zero-order valence-electron chi connectivity index (χ0n) is 17.5. The molecule has 2 aliphatic rings. The lowest BCUT2D eigenvalue weighted by Gasteiger charge is -2.46. The molecule has 30 heavy (non-hydrogen) atoms. The molecule has 0 bridgehead atoms. The lowest BCUT2D eigenvalue weighted by molar-refractivity contribution is -0.0853. The number of carbonyl (C=O) groups excluding carboxylic acids is 1. The number of aromatic nitrogens is 2. The smallest absolute Gasteiger partial charge is 0.255 e. The van der Waals surface area contributed by atoms with Gasteiger partial charge >= 0.3 is 0 Å². The molecule has 0 aliphatic carbocycles. The molecule has 0 saturated carbocycles. The van der Waals surface area contributed by atoms with Gasteiger partial charge < -0.3 is 19.9 Å².